The third-order valence-electron chi connectivity index (χ3n) is 8.11. The molecule has 4 atom stereocenters. The highest BCUT2D eigenvalue weighted by atomic mass is 19.1. The zero-order chi connectivity index (χ0) is 17.2. The molecule has 0 spiro atoms. The van der Waals surface area contributed by atoms with Crippen LogP contribution in [0.15, 0.2) is 24.3 Å². The van der Waals surface area contributed by atoms with E-state index in [-0.39, 0.29) is 5.82 Å². The van der Waals surface area contributed by atoms with Gasteiger partial charge in [-0.3, -0.25) is 0 Å². The van der Waals surface area contributed by atoms with Crippen molar-refractivity contribution in [3.8, 4) is 0 Å². The van der Waals surface area contributed by atoms with Gasteiger partial charge in [-0.2, -0.15) is 0 Å². The highest BCUT2D eigenvalue weighted by Gasteiger charge is 2.38. The molecule has 0 amide bonds. The van der Waals surface area contributed by atoms with E-state index in [1.165, 1.54) is 76.2 Å². The second kappa shape index (κ2) is 7.80. The van der Waals surface area contributed by atoms with Crippen LogP contribution in [0.3, 0.4) is 0 Å². The molecular formula is C24H35F. The van der Waals surface area contributed by atoms with Crippen molar-refractivity contribution in [1.82, 2.24) is 0 Å². The maximum atomic E-state index is 13.6. The van der Waals surface area contributed by atoms with Crippen LogP contribution in [0, 0.1) is 35.4 Å². The van der Waals surface area contributed by atoms with E-state index in [1.54, 1.807) is 12.1 Å². The topological polar surface area (TPSA) is 0 Å². The monoisotopic (exact) mass is 342 g/mol. The van der Waals surface area contributed by atoms with Crippen molar-refractivity contribution in [3.05, 3.63) is 35.6 Å². The van der Waals surface area contributed by atoms with Gasteiger partial charge in [0.15, 0.2) is 0 Å². The SMILES string of the molecule is CCC1CCC(C2CCC3CC(c4cccc(F)c4)CCC3C2)CC1. The third-order valence-corrected chi connectivity index (χ3v) is 8.11. The standard InChI is InChI=1S/C24H35F/c1-2-17-6-8-18(9-7-17)20-10-11-23-15-21(12-13-22(23)14-20)19-4-3-5-24(25)16-19/h3-5,16-18,20-23H,2,6-15H2,1H3. The predicted molar refractivity (Wildman–Crippen MR) is 103 cm³/mol. The summed E-state index contributed by atoms with van der Waals surface area (Å²) in [6.45, 7) is 2.37. The molecule has 138 valence electrons. The van der Waals surface area contributed by atoms with E-state index >= 15 is 0 Å². The average Bonchev–Trinajstić information content (AvgIpc) is 2.67. The average molecular weight is 343 g/mol. The van der Waals surface area contributed by atoms with Crippen molar-refractivity contribution < 1.29 is 4.39 Å². The summed E-state index contributed by atoms with van der Waals surface area (Å²) in [5.74, 6) is 5.49. The Hall–Kier alpha value is -0.850. The first-order valence-electron chi connectivity index (χ1n) is 11.0. The molecule has 3 saturated carbocycles. The van der Waals surface area contributed by atoms with E-state index in [4.69, 9.17) is 0 Å². The molecule has 1 aromatic carbocycles. The van der Waals surface area contributed by atoms with E-state index < -0.39 is 0 Å². The number of halogens is 1. The van der Waals surface area contributed by atoms with Gasteiger partial charge in [0.2, 0.25) is 0 Å². The van der Waals surface area contributed by atoms with Crippen LogP contribution in [0.1, 0.15) is 89.0 Å². The van der Waals surface area contributed by atoms with Crippen LogP contribution in [-0.2, 0) is 0 Å². The van der Waals surface area contributed by atoms with Crippen LogP contribution in [0.2, 0.25) is 0 Å². The normalized spacial score (nSPS) is 39.0. The molecule has 1 aromatic rings. The molecule has 0 N–H and O–H groups in total. The number of hydrogen-bond acceptors (Lipinski definition) is 0. The van der Waals surface area contributed by atoms with Crippen molar-refractivity contribution in [2.75, 3.05) is 0 Å². The number of rotatable bonds is 3. The first-order valence-corrected chi connectivity index (χ1v) is 11.0. The van der Waals surface area contributed by atoms with Crippen molar-refractivity contribution >= 4 is 0 Å². The van der Waals surface area contributed by atoms with E-state index in [0.29, 0.717) is 5.92 Å². The summed E-state index contributed by atoms with van der Waals surface area (Å²) in [5, 5.41) is 0. The van der Waals surface area contributed by atoms with Crippen molar-refractivity contribution in [2.45, 2.75) is 83.5 Å². The summed E-state index contributed by atoms with van der Waals surface area (Å²) in [7, 11) is 0. The van der Waals surface area contributed by atoms with Gasteiger partial charge in [0.25, 0.3) is 0 Å². The molecule has 0 saturated heterocycles. The molecule has 3 aliphatic carbocycles. The van der Waals surface area contributed by atoms with Gasteiger partial charge < -0.3 is 0 Å². The molecule has 0 heterocycles. The zero-order valence-corrected chi connectivity index (χ0v) is 15.9. The summed E-state index contributed by atoms with van der Waals surface area (Å²) in [6, 6.07) is 7.39. The summed E-state index contributed by atoms with van der Waals surface area (Å²) in [4.78, 5) is 0. The quantitative estimate of drug-likeness (QED) is 0.539. The van der Waals surface area contributed by atoms with Crippen LogP contribution in [0.5, 0.6) is 0 Å². The van der Waals surface area contributed by atoms with Gasteiger partial charge >= 0.3 is 0 Å². The Bertz CT molecular complexity index is 557. The molecule has 4 rings (SSSR count). The molecule has 0 aliphatic heterocycles. The van der Waals surface area contributed by atoms with Gasteiger partial charge in [-0.25, -0.2) is 4.39 Å². The fourth-order valence-electron chi connectivity index (χ4n) is 6.48. The smallest absolute Gasteiger partial charge is 0.123 e. The Morgan fingerprint density at radius 3 is 2.16 bits per heavy atom. The molecule has 1 heteroatoms. The Balaban J connectivity index is 1.33. The molecular weight excluding hydrogens is 307 g/mol. The zero-order valence-electron chi connectivity index (χ0n) is 15.9. The second-order valence-electron chi connectivity index (χ2n) is 9.35. The van der Waals surface area contributed by atoms with Crippen LogP contribution >= 0.6 is 0 Å². The fraction of sp³-hybridized carbons (Fsp3) is 0.750. The summed E-state index contributed by atoms with van der Waals surface area (Å²) >= 11 is 0. The molecule has 0 bridgehead atoms. The van der Waals surface area contributed by atoms with Crippen molar-refractivity contribution in [2.24, 2.45) is 29.6 Å². The Labute approximate surface area is 153 Å². The van der Waals surface area contributed by atoms with Crippen LogP contribution in [0.25, 0.3) is 0 Å². The van der Waals surface area contributed by atoms with Gasteiger partial charge in [-0.1, -0.05) is 38.3 Å². The minimum Gasteiger partial charge on any atom is -0.207 e. The van der Waals surface area contributed by atoms with E-state index in [0.717, 1.165) is 29.6 Å². The molecule has 0 aromatic heterocycles. The van der Waals surface area contributed by atoms with Crippen molar-refractivity contribution in [1.29, 1.82) is 0 Å². The van der Waals surface area contributed by atoms with E-state index in [9.17, 15) is 4.39 Å². The lowest BCUT2D eigenvalue weighted by Crippen LogP contribution is -2.34. The number of fused-ring (bicyclic) bond motifs is 1. The molecule has 0 radical (unpaired) electrons. The minimum absolute atomic E-state index is 0.0639. The van der Waals surface area contributed by atoms with Crippen LogP contribution < -0.4 is 0 Å². The van der Waals surface area contributed by atoms with E-state index in [2.05, 4.69) is 13.0 Å². The summed E-state index contributed by atoms with van der Waals surface area (Å²) in [5.41, 5.74) is 1.25. The van der Waals surface area contributed by atoms with Gasteiger partial charge in [-0.05, 0) is 105 Å². The maximum Gasteiger partial charge on any atom is 0.123 e. The maximum absolute atomic E-state index is 13.6. The highest BCUT2D eigenvalue weighted by Crippen LogP contribution is 2.50. The molecule has 3 aliphatic rings. The van der Waals surface area contributed by atoms with Gasteiger partial charge in [0.1, 0.15) is 5.82 Å². The lowest BCUT2D eigenvalue weighted by Gasteiger charge is -2.45. The van der Waals surface area contributed by atoms with Crippen LogP contribution in [-0.4, -0.2) is 0 Å². The largest absolute Gasteiger partial charge is 0.207 e. The number of hydrogen-bond donors (Lipinski definition) is 0. The summed E-state index contributed by atoms with van der Waals surface area (Å²) in [6.07, 6.45) is 15.8. The van der Waals surface area contributed by atoms with Gasteiger partial charge in [0, 0.05) is 0 Å². The fourth-order valence-corrected chi connectivity index (χ4v) is 6.48. The molecule has 25 heavy (non-hydrogen) atoms. The first-order chi connectivity index (χ1) is 12.2. The highest BCUT2D eigenvalue weighted by molar-refractivity contribution is 5.21. The molecule has 3 fully saturated rings. The minimum atomic E-state index is -0.0639. The second-order valence-corrected chi connectivity index (χ2v) is 9.35. The van der Waals surface area contributed by atoms with Gasteiger partial charge in [-0.15, -0.1) is 0 Å². The number of benzene rings is 1. The Morgan fingerprint density at radius 2 is 1.44 bits per heavy atom. The first kappa shape index (κ1) is 17.6. The lowest BCUT2D eigenvalue weighted by molar-refractivity contribution is 0.0716. The molecule has 4 unspecified atom stereocenters. The summed E-state index contributed by atoms with van der Waals surface area (Å²) < 4.78 is 13.6. The lowest BCUT2D eigenvalue weighted by atomic mass is 9.60. The van der Waals surface area contributed by atoms with Crippen LogP contribution in [0.4, 0.5) is 4.39 Å². The Kier molecular flexibility index (Phi) is 5.48. The van der Waals surface area contributed by atoms with Gasteiger partial charge in [0.05, 0.1) is 0 Å². The van der Waals surface area contributed by atoms with E-state index in [1.807, 2.05) is 6.07 Å². The predicted octanol–water partition coefficient (Wildman–Crippen LogP) is 7.34. The molecule has 0 nitrogen and oxygen atoms in total. The van der Waals surface area contributed by atoms with Crippen molar-refractivity contribution in [3.63, 3.8) is 0 Å². The third kappa shape index (κ3) is 3.96. The Morgan fingerprint density at radius 1 is 0.800 bits per heavy atom.